The summed E-state index contributed by atoms with van der Waals surface area (Å²) in [5.41, 5.74) is 11.4. The van der Waals surface area contributed by atoms with Gasteiger partial charge in [-0.3, -0.25) is 9.79 Å². The normalized spacial score (nSPS) is 12.0. The van der Waals surface area contributed by atoms with Crippen LogP contribution in [-0.4, -0.2) is 17.6 Å². The first-order valence-electron chi connectivity index (χ1n) is 8.11. The fraction of sp³-hybridized carbons (Fsp3) is 0.100. The number of aromatic amines is 1. The van der Waals surface area contributed by atoms with Crippen LogP contribution in [0.5, 0.6) is 0 Å². The Balaban J connectivity index is 1.89. The monoisotopic (exact) mass is 332 g/mol. The molecule has 0 aliphatic carbocycles. The molecule has 0 radical (unpaired) electrons. The molecule has 0 unspecified atom stereocenters. The standard InChI is InChI=1S/C20H20N4O/c1-2-14-3-6-17(7-4-14)22-11-16(10-21)15-5-8-19-18(9-15)20(12-23-19)24-13-25/h3-13,23H,2,21H2,1H3,(H,24,25)/b16-10+,22-11?. The molecular weight excluding hydrogens is 312 g/mol. The lowest BCUT2D eigenvalue weighted by atomic mass is 10.1. The molecule has 1 heterocycles. The summed E-state index contributed by atoms with van der Waals surface area (Å²) in [5, 5.41) is 3.61. The van der Waals surface area contributed by atoms with Gasteiger partial charge in [-0.25, -0.2) is 0 Å². The molecule has 0 bridgehead atoms. The van der Waals surface area contributed by atoms with Gasteiger partial charge in [0, 0.05) is 35.1 Å². The number of nitrogens with two attached hydrogens (primary N) is 1. The SMILES string of the molecule is CCc1ccc(N=C/C(=C\N)c2ccc3[nH]cc(NC=O)c3c2)cc1. The number of allylic oxidation sites excluding steroid dienone is 1. The fourth-order valence-electron chi connectivity index (χ4n) is 2.66. The number of nitrogens with zero attached hydrogens (tertiary/aromatic N) is 1. The van der Waals surface area contributed by atoms with Gasteiger partial charge in [0.1, 0.15) is 0 Å². The van der Waals surface area contributed by atoms with Crippen LogP contribution in [0.1, 0.15) is 18.1 Å². The van der Waals surface area contributed by atoms with Crippen LogP contribution in [-0.2, 0) is 11.2 Å². The van der Waals surface area contributed by atoms with Gasteiger partial charge in [-0.15, -0.1) is 0 Å². The number of aromatic nitrogens is 1. The molecule has 1 aromatic heterocycles. The molecule has 3 rings (SSSR count). The Labute approximate surface area is 146 Å². The lowest BCUT2D eigenvalue weighted by Gasteiger charge is -2.04. The number of aryl methyl sites for hydroxylation is 1. The van der Waals surface area contributed by atoms with Crippen molar-refractivity contribution >= 4 is 40.5 Å². The number of carbonyl (C=O) groups excluding carboxylic acids is 1. The molecule has 0 spiro atoms. The summed E-state index contributed by atoms with van der Waals surface area (Å²) in [6.07, 6.45) is 6.71. The van der Waals surface area contributed by atoms with E-state index in [2.05, 4.69) is 34.3 Å². The molecule has 0 saturated heterocycles. The third-order valence-electron chi connectivity index (χ3n) is 4.11. The lowest BCUT2D eigenvalue weighted by molar-refractivity contribution is -0.105. The number of rotatable bonds is 6. The highest BCUT2D eigenvalue weighted by atomic mass is 16.1. The van der Waals surface area contributed by atoms with Gasteiger partial charge in [-0.1, -0.05) is 25.1 Å². The number of aliphatic imine (C=N–C) groups is 1. The van der Waals surface area contributed by atoms with Gasteiger partial charge in [-0.2, -0.15) is 0 Å². The Bertz CT molecular complexity index is 936. The van der Waals surface area contributed by atoms with Crippen molar-refractivity contribution in [3.05, 3.63) is 66.0 Å². The van der Waals surface area contributed by atoms with Crippen molar-refractivity contribution in [3.63, 3.8) is 0 Å². The summed E-state index contributed by atoms with van der Waals surface area (Å²) in [4.78, 5) is 18.3. The summed E-state index contributed by atoms with van der Waals surface area (Å²) in [6, 6.07) is 14.0. The Hall–Kier alpha value is -3.34. The number of anilines is 1. The summed E-state index contributed by atoms with van der Waals surface area (Å²) < 4.78 is 0. The zero-order valence-corrected chi connectivity index (χ0v) is 14.0. The van der Waals surface area contributed by atoms with E-state index in [9.17, 15) is 4.79 Å². The van der Waals surface area contributed by atoms with Crippen LogP contribution in [0, 0.1) is 0 Å². The Morgan fingerprint density at radius 2 is 2.04 bits per heavy atom. The highest BCUT2D eigenvalue weighted by Crippen LogP contribution is 2.26. The summed E-state index contributed by atoms with van der Waals surface area (Å²) in [6.45, 7) is 2.12. The van der Waals surface area contributed by atoms with Gasteiger partial charge in [-0.05, 0) is 41.8 Å². The molecule has 1 amide bonds. The summed E-state index contributed by atoms with van der Waals surface area (Å²) in [7, 11) is 0. The van der Waals surface area contributed by atoms with Crippen LogP contribution in [0.2, 0.25) is 0 Å². The molecule has 3 aromatic rings. The van der Waals surface area contributed by atoms with E-state index in [0.29, 0.717) is 6.41 Å². The van der Waals surface area contributed by atoms with Gasteiger partial charge in [0.2, 0.25) is 6.41 Å². The lowest BCUT2D eigenvalue weighted by Crippen LogP contribution is -1.93. The van der Waals surface area contributed by atoms with Crippen molar-refractivity contribution in [2.75, 3.05) is 5.32 Å². The number of H-pyrrole nitrogens is 1. The van der Waals surface area contributed by atoms with Gasteiger partial charge < -0.3 is 16.0 Å². The van der Waals surface area contributed by atoms with Gasteiger partial charge in [0.15, 0.2) is 0 Å². The maximum Gasteiger partial charge on any atom is 0.211 e. The maximum absolute atomic E-state index is 10.7. The largest absolute Gasteiger partial charge is 0.404 e. The minimum Gasteiger partial charge on any atom is -0.404 e. The van der Waals surface area contributed by atoms with E-state index in [1.54, 1.807) is 12.4 Å². The van der Waals surface area contributed by atoms with Crippen LogP contribution in [0.3, 0.4) is 0 Å². The predicted molar refractivity (Wildman–Crippen MR) is 104 cm³/mol. The van der Waals surface area contributed by atoms with Crippen LogP contribution < -0.4 is 11.1 Å². The van der Waals surface area contributed by atoms with Crippen molar-refractivity contribution in [1.82, 2.24) is 4.98 Å². The van der Waals surface area contributed by atoms with Crippen LogP contribution in [0.25, 0.3) is 16.5 Å². The van der Waals surface area contributed by atoms with Gasteiger partial charge in [0.05, 0.1) is 11.4 Å². The Morgan fingerprint density at radius 3 is 2.72 bits per heavy atom. The number of hydrogen-bond acceptors (Lipinski definition) is 3. The zero-order chi connectivity index (χ0) is 17.6. The number of nitrogens with one attached hydrogen (secondary N) is 2. The maximum atomic E-state index is 10.7. The van der Waals surface area contributed by atoms with Crippen LogP contribution in [0.15, 0.2) is 59.9 Å². The first kappa shape index (κ1) is 16.5. The highest BCUT2D eigenvalue weighted by molar-refractivity contribution is 6.12. The second kappa shape index (κ2) is 7.49. The molecule has 2 aromatic carbocycles. The van der Waals surface area contributed by atoms with E-state index in [4.69, 9.17) is 5.73 Å². The van der Waals surface area contributed by atoms with E-state index >= 15 is 0 Å². The summed E-state index contributed by atoms with van der Waals surface area (Å²) in [5.74, 6) is 0. The predicted octanol–water partition coefficient (Wildman–Crippen LogP) is 4.00. The quantitative estimate of drug-likeness (QED) is 0.471. The molecule has 5 nitrogen and oxygen atoms in total. The molecule has 0 saturated carbocycles. The molecule has 126 valence electrons. The van der Waals surface area contributed by atoms with Crippen molar-refractivity contribution in [2.24, 2.45) is 10.7 Å². The van der Waals surface area contributed by atoms with E-state index in [-0.39, 0.29) is 0 Å². The van der Waals surface area contributed by atoms with Gasteiger partial charge in [0.25, 0.3) is 0 Å². The third-order valence-corrected chi connectivity index (χ3v) is 4.11. The highest BCUT2D eigenvalue weighted by Gasteiger charge is 2.06. The number of hydrogen-bond donors (Lipinski definition) is 3. The van der Waals surface area contributed by atoms with E-state index in [1.807, 2.05) is 30.3 Å². The molecule has 0 aliphatic heterocycles. The Morgan fingerprint density at radius 1 is 1.24 bits per heavy atom. The van der Waals surface area contributed by atoms with Crippen LogP contribution >= 0.6 is 0 Å². The van der Waals surface area contributed by atoms with Gasteiger partial charge >= 0.3 is 0 Å². The Kier molecular flexibility index (Phi) is 4.95. The number of fused-ring (bicyclic) bond motifs is 1. The third kappa shape index (κ3) is 3.61. The fourth-order valence-corrected chi connectivity index (χ4v) is 2.66. The minimum atomic E-state index is 0.663. The average Bonchev–Trinajstić information content (AvgIpc) is 3.05. The number of carbonyl (C=O) groups is 1. The average molecular weight is 332 g/mol. The second-order valence-electron chi connectivity index (χ2n) is 5.63. The summed E-state index contributed by atoms with van der Waals surface area (Å²) >= 11 is 0. The van der Waals surface area contributed by atoms with E-state index in [1.165, 1.54) is 11.8 Å². The first-order chi connectivity index (χ1) is 12.2. The molecular formula is C20H20N4O. The smallest absolute Gasteiger partial charge is 0.211 e. The number of amides is 1. The van der Waals surface area contributed by atoms with Crippen molar-refractivity contribution in [1.29, 1.82) is 0 Å². The van der Waals surface area contributed by atoms with Crippen LogP contribution in [0.4, 0.5) is 11.4 Å². The zero-order valence-electron chi connectivity index (χ0n) is 14.0. The molecule has 0 atom stereocenters. The van der Waals surface area contributed by atoms with Crippen molar-refractivity contribution in [3.8, 4) is 0 Å². The first-order valence-corrected chi connectivity index (χ1v) is 8.11. The van der Waals surface area contributed by atoms with E-state index < -0.39 is 0 Å². The minimum absolute atomic E-state index is 0.663. The van der Waals surface area contributed by atoms with E-state index in [0.717, 1.165) is 39.8 Å². The van der Waals surface area contributed by atoms with Crippen molar-refractivity contribution < 1.29 is 4.79 Å². The number of benzene rings is 2. The molecule has 25 heavy (non-hydrogen) atoms. The molecule has 0 aliphatic rings. The van der Waals surface area contributed by atoms with Crippen molar-refractivity contribution in [2.45, 2.75) is 13.3 Å². The molecule has 5 heteroatoms. The molecule has 4 N–H and O–H groups in total. The topological polar surface area (TPSA) is 83.3 Å². The molecule has 0 fully saturated rings. The second-order valence-corrected chi connectivity index (χ2v) is 5.63.